The summed E-state index contributed by atoms with van der Waals surface area (Å²) in [5.74, 6) is 0. The van der Waals surface area contributed by atoms with Crippen molar-refractivity contribution in [2.75, 3.05) is 9.80 Å². The number of benzene rings is 9. The van der Waals surface area contributed by atoms with Gasteiger partial charge in [0.05, 0.1) is 22.7 Å². The molecule has 0 fully saturated rings. The van der Waals surface area contributed by atoms with E-state index in [0.717, 1.165) is 22.7 Å². The Balaban J connectivity index is 1.25. The number of anilines is 6. The summed E-state index contributed by atoms with van der Waals surface area (Å²) in [5, 5.41) is 2.38. The van der Waals surface area contributed by atoms with Gasteiger partial charge in [0.1, 0.15) is 0 Å². The van der Waals surface area contributed by atoms with Crippen molar-refractivity contribution in [2.45, 2.75) is 19.3 Å². The third-order valence-electron chi connectivity index (χ3n) is 11.6. The van der Waals surface area contributed by atoms with Gasteiger partial charge in [0.2, 0.25) is 0 Å². The molecular formula is C55H42N2. The summed E-state index contributed by atoms with van der Waals surface area (Å²) < 4.78 is 0. The molecule has 272 valence electrons. The monoisotopic (exact) mass is 730 g/mol. The summed E-state index contributed by atoms with van der Waals surface area (Å²) >= 11 is 0. The van der Waals surface area contributed by atoms with E-state index in [-0.39, 0.29) is 5.41 Å². The van der Waals surface area contributed by atoms with Crippen LogP contribution >= 0.6 is 0 Å². The first kappa shape index (κ1) is 34.3. The number of hydrogen-bond acceptors (Lipinski definition) is 2. The molecule has 0 unspecified atom stereocenters. The summed E-state index contributed by atoms with van der Waals surface area (Å²) in [5.41, 5.74) is 16.4. The van der Waals surface area contributed by atoms with Crippen molar-refractivity contribution in [2.24, 2.45) is 0 Å². The summed E-state index contributed by atoms with van der Waals surface area (Å²) in [6, 6.07) is 79.4. The minimum Gasteiger partial charge on any atom is -0.308 e. The van der Waals surface area contributed by atoms with Gasteiger partial charge in [-0.3, -0.25) is 0 Å². The molecule has 10 rings (SSSR count). The Kier molecular flexibility index (Phi) is 8.53. The van der Waals surface area contributed by atoms with E-state index < -0.39 is 0 Å². The minimum absolute atomic E-state index is 0.264. The maximum absolute atomic E-state index is 2.55. The molecule has 2 nitrogen and oxygen atoms in total. The van der Waals surface area contributed by atoms with Crippen molar-refractivity contribution >= 4 is 44.9 Å². The molecule has 0 radical (unpaired) electrons. The highest BCUT2D eigenvalue weighted by atomic mass is 15.2. The van der Waals surface area contributed by atoms with Crippen LogP contribution in [0.25, 0.3) is 44.2 Å². The molecule has 9 aromatic rings. The van der Waals surface area contributed by atoms with Crippen LogP contribution in [0.4, 0.5) is 34.1 Å². The van der Waals surface area contributed by atoms with Gasteiger partial charge in [-0.1, -0.05) is 190 Å². The number of rotatable bonds is 7. The first-order valence-electron chi connectivity index (χ1n) is 19.8. The van der Waals surface area contributed by atoms with E-state index >= 15 is 0 Å². The van der Waals surface area contributed by atoms with Gasteiger partial charge in [-0.2, -0.15) is 0 Å². The molecule has 1 aliphatic rings. The highest BCUT2D eigenvalue weighted by Crippen LogP contribution is 2.58. The van der Waals surface area contributed by atoms with Crippen LogP contribution in [0.15, 0.2) is 218 Å². The van der Waals surface area contributed by atoms with E-state index in [4.69, 9.17) is 0 Å². The predicted molar refractivity (Wildman–Crippen MR) is 242 cm³/mol. The fourth-order valence-corrected chi connectivity index (χ4v) is 8.90. The maximum atomic E-state index is 2.55. The number of fused-ring (bicyclic) bond motifs is 3. The van der Waals surface area contributed by atoms with E-state index in [9.17, 15) is 0 Å². The van der Waals surface area contributed by atoms with Crippen molar-refractivity contribution in [3.63, 3.8) is 0 Å². The molecule has 0 spiro atoms. The second kappa shape index (κ2) is 14.2. The second-order valence-electron chi connectivity index (χ2n) is 15.4. The summed E-state index contributed by atoms with van der Waals surface area (Å²) in [6.07, 6.45) is 0. The van der Waals surface area contributed by atoms with Crippen LogP contribution < -0.4 is 9.80 Å². The SMILES string of the molecule is CC1(C)c2ccccc2N(c2c(N(c3ccc(-c4ccccc4)cc3)c3ccc(-c4ccccc4)cc3)ccc3ccccc23)c2cccc(-c3ccccc3)c21. The summed E-state index contributed by atoms with van der Waals surface area (Å²) in [6.45, 7) is 4.76. The van der Waals surface area contributed by atoms with Crippen molar-refractivity contribution in [3.8, 4) is 33.4 Å². The van der Waals surface area contributed by atoms with Crippen LogP contribution in [0, 0.1) is 0 Å². The first-order valence-corrected chi connectivity index (χ1v) is 19.8. The van der Waals surface area contributed by atoms with Crippen molar-refractivity contribution in [1.29, 1.82) is 0 Å². The zero-order valence-electron chi connectivity index (χ0n) is 32.2. The third-order valence-corrected chi connectivity index (χ3v) is 11.6. The molecule has 0 atom stereocenters. The molecule has 1 heterocycles. The van der Waals surface area contributed by atoms with Gasteiger partial charge in [-0.15, -0.1) is 0 Å². The van der Waals surface area contributed by atoms with Crippen LogP contribution in [0.5, 0.6) is 0 Å². The smallest absolute Gasteiger partial charge is 0.0781 e. The lowest BCUT2D eigenvalue weighted by molar-refractivity contribution is 0.634. The zero-order chi connectivity index (χ0) is 38.3. The van der Waals surface area contributed by atoms with Gasteiger partial charge in [0, 0.05) is 22.2 Å². The fraction of sp³-hybridized carbons (Fsp3) is 0.0545. The van der Waals surface area contributed by atoms with Crippen LogP contribution in [-0.2, 0) is 5.41 Å². The molecule has 2 heteroatoms. The predicted octanol–water partition coefficient (Wildman–Crippen LogP) is 15.4. The molecule has 9 aromatic carbocycles. The Morgan fingerprint density at radius 1 is 0.386 bits per heavy atom. The highest BCUT2D eigenvalue weighted by molar-refractivity contribution is 6.09. The second-order valence-corrected chi connectivity index (χ2v) is 15.4. The molecule has 1 aliphatic heterocycles. The molecule has 57 heavy (non-hydrogen) atoms. The van der Waals surface area contributed by atoms with E-state index in [0.29, 0.717) is 0 Å². The maximum Gasteiger partial charge on any atom is 0.0781 e. The topological polar surface area (TPSA) is 6.48 Å². The quantitative estimate of drug-likeness (QED) is 0.161. The Labute approximate surface area is 335 Å². The lowest BCUT2D eigenvalue weighted by Gasteiger charge is -2.44. The lowest BCUT2D eigenvalue weighted by Crippen LogP contribution is -2.32. The van der Waals surface area contributed by atoms with Crippen molar-refractivity contribution in [1.82, 2.24) is 0 Å². The minimum atomic E-state index is -0.264. The number of nitrogens with zero attached hydrogens (tertiary/aromatic N) is 2. The van der Waals surface area contributed by atoms with Crippen molar-refractivity contribution < 1.29 is 0 Å². The van der Waals surface area contributed by atoms with Gasteiger partial charge < -0.3 is 9.80 Å². The average molecular weight is 731 g/mol. The van der Waals surface area contributed by atoms with Crippen LogP contribution in [0.2, 0.25) is 0 Å². The average Bonchev–Trinajstić information content (AvgIpc) is 3.28. The first-order chi connectivity index (χ1) is 28.1. The summed E-state index contributed by atoms with van der Waals surface area (Å²) in [7, 11) is 0. The Morgan fingerprint density at radius 2 is 0.877 bits per heavy atom. The standard InChI is InChI=1S/C55H42N2/c1-55(2)49-26-14-15-27-50(49)57(51-28-16-25-47(53(51)55)43-21-10-5-11-22-43)54-48-24-13-12-23-44(48)33-38-52(54)56(45-34-29-41(30-35-45)39-17-6-3-7-18-39)46-36-31-42(32-37-46)40-19-8-4-9-20-40/h3-38H,1-2H3. The van der Waals surface area contributed by atoms with Crippen molar-refractivity contribution in [3.05, 3.63) is 230 Å². The molecule has 0 saturated carbocycles. The van der Waals surface area contributed by atoms with E-state index in [1.807, 2.05) is 0 Å². The van der Waals surface area contributed by atoms with Gasteiger partial charge in [-0.05, 0) is 92.4 Å². The lowest BCUT2D eigenvalue weighted by atomic mass is 9.70. The Hall–Kier alpha value is -7.16. The van der Waals surface area contributed by atoms with Crippen LogP contribution in [0.3, 0.4) is 0 Å². The van der Waals surface area contributed by atoms with Gasteiger partial charge in [0.25, 0.3) is 0 Å². The van der Waals surface area contributed by atoms with Crippen LogP contribution in [0.1, 0.15) is 25.0 Å². The molecule has 0 aliphatic carbocycles. The normalized spacial score (nSPS) is 12.8. The van der Waals surface area contributed by atoms with E-state index in [1.165, 1.54) is 66.7 Å². The molecule has 0 aromatic heterocycles. The van der Waals surface area contributed by atoms with E-state index in [2.05, 4.69) is 242 Å². The van der Waals surface area contributed by atoms with Gasteiger partial charge >= 0.3 is 0 Å². The van der Waals surface area contributed by atoms with Crippen LogP contribution in [-0.4, -0.2) is 0 Å². The fourth-order valence-electron chi connectivity index (χ4n) is 8.90. The highest BCUT2D eigenvalue weighted by Gasteiger charge is 2.40. The molecule has 0 amide bonds. The molecular weight excluding hydrogens is 689 g/mol. The largest absolute Gasteiger partial charge is 0.308 e. The molecule has 0 N–H and O–H groups in total. The number of para-hydroxylation sites is 1. The Morgan fingerprint density at radius 3 is 1.49 bits per heavy atom. The number of hydrogen-bond donors (Lipinski definition) is 0. The summed E-state index contributed by atoms with van der Waals surface area (Å²) in [4.78, 5) is 4.98. The Bertz CT molecular complexity index is 2760. The third kappa shape index (κ3) is 5.98. The van der Waals surface area contributed by atoms with E-state index in [1.54, 1.807) is 0 Å². The molecule has 0 bridgehead atoms. The van der Waals surface area contributed by atoms with Gasteiger partial charge in [-0.25, -0.2) is 0 Å². The van der Waals surface area contributed by atoms with Gasteiger partial charge in [0.15, 0.2) is 0 Å². The molecule has 0 saturated heterocycles. The zero-order valence-corrected chi connectivity index (χ0v) is 32.2.